The number of urea groups is 1. The molecule has 2 aliphatic heterocycles. The van der Waals surface area contributed by atoms with Gasteiger partial charge in [-0.1, -0.05) is 16.8 Å². The molecule has 38 heavy (non-hydrogen) atoms. The van der Waals surface area contributed by atoms with Gasteiger partial charge in [-0.15, -0.1) is 0 Å². The number of carbonyl (C=O) groups is 3. The Morgan fingerprint density at radius 2 is 1.63 bits per heavy atom. The number of nitrogens with one attached hydrogen (secondary N) is 2. The molecule has 11 heteroatoms. The minimum atomic E-state index is -1.47. The number of aromatic nitrogens is 2. The molecule has 2 fully saturated rings. The Labute approximate surface area is 221 Å². The third-order valence-corrected chi connectivity index (χ3v) is 6.88. The highest BCUT2D eigenvalue weighted by atomic mass is 35.5. The number of imide groups is 2. The van der Waals surface area contributed by atoms with Crippen LogP contribution >= 0.6 is 11.6 Å². The second-order valence-electron chi connectivity index (χ2n) is 8.92. The average molecular weight is 530 g/mol. The first-order valence-corrected chi connectivity index (χ1v) is 12.2. The van der Waals surface area contributed by atoms with Gasteiger partial charge in [-0.05, 0) is 67.4 Å². The second kappa shape index (κ2) is 9.31. The number of carbonyl (C=O) groups excluding carboxylic acids is 3. The number of amides is 4. The molecule has 6 rings (SSSR count). The number of barbiturate groups is 1. The normalized spacial score (nSPS) is 16.4. The van der Waals surface area contributed by atoms with Crippen LogP contribution in [0, 0.1) is 0 Å². The molecule has 0 atom stereocenters. The Morgan fingerprint density at radius 3 is 2.32 bits per heavy atom. The van der Waals surface area contributed by atoms with Crippen LogP contribution in [0.25, 0.3) is 22.6 Å². The number of hydrogen-bond donors (Lipinski definition) is 2. The highest BCUT2D eigenvalue weighted by Gasteiger charge is 2.57. The molecule has 0 bridgehead atoms. The highest BCUT2D eigenvalue weighted by molar-refractivity contribution is 6.30. The lowest BCUT2D eigenvalue weighted by molar-refractivity contribution is -0.137. The molecule has 2 saturated heterocycles. The van der Waals surface area contributed by atoms with Crippen LogP contribution in [0.3, 0.4) is 0 Å². The van der Waals surface area contributed by atoms with Crippen molar-refractivity contribution >= 4 is 35.1 Å². The van der Waals surface area contributed by atoms with Crippen molar-refractivity contribution in [2.75, 3.05) is 11.4 Å². The predicted octanol–water partition coefficient (Wildman–Crippen LogP) is 4.55. The van der Waals surface area contributed by atoms with Crippen molar-refractivity contribution in [2.45, 2.75) is 18.4 Å². The standard InChI is InChI=1S/C27H20ClN5O5/c28-18-6-2-17(3-7-18)22-14-21(32-38-22)16-4-9-20(10-5-16)37-23-11-8-19(15-29-23)33-13-1-12-27(33)24(34)30-26(36)31-25(27)35/h2-11,14-15H,1,12-13H2,(H2,30,31,34,35,36). The first-order chi connectivity index (χ1) is 18.4. The number of halogens is 1. The van der Waals surface area contributed by atoms with Gasteiger partial charge in [0.2, 0.25) is 5.88 Å². The first-order valence-electron chi connectivity index (χ1n) is 11.8. The van der Waals surface area contributed by atoms with E-state index in [0.29, 0.717) is 53.2 Å². The topological polar surface area (TPSA) is 127 Å². The summed E-state index contributed by atoms with van der Waals surface area (Å²) in [6.45, 7) is 0.472. The van der Waals surface area contributed by atoms with Crippen LogP contribution in [0.2, 0.25) is 5.02 Å². The van der Waals surface area contributed by atoms with Crippen molar-refractivity contribution in [3.63, 3.8) is 0 Å². The molecule has 2 aromatic heterocycles. The Morgan fingerprint density at radius 1 is 0.921 bits per heavy atom. The quantitative estimate of drug-likeness (QED) is 0.360. The molecule has 0 unspecified atom stereocenters. The van der Waals surface area contributed by atoms with Crippen molar-refractivity contribution in [2.24, 2.45) is 0 Å². The molecule has 2 aromatic carbocycles. The summed E-state index contributed by atoms with van der Waals surface area (Å²) in [5.74, 6) is 0.288. The van der Waals surface area contributed by atoms with E-state index in [0.717, 1.165) is 11.1 Å². The molecule has 2 aliphatic rings. The van der Waals surface area contributed by atoms with Gasteiger partial charge in [-0.3, -0.25) is 20.2 Å². The Hall–Kier alpha value is -4.70. The lowest BCUT2D eigenvalue weighted by atomic mass is 9.92. The van der Waals surface area contributed by atoms with Crippen LogP contribution in [-0.2, 0) is 9.59 Å². The number of ether oxygens (including phenoxy) is 1. The summed E-state index contributed by atoms with van der Waals surface area (Å²) < 4.78 is 11.4. The molecular weight excluding hydrogens is 510 g/mol. The van der Waals surface area contributed by atoms with Crippen molar-refractivity contribution < 1.29 is 23.6 Å². The van der Waals surface area contributed by atoms with Crippen molar-refractivity contribution in [3.05, 3.63) is 77.9 Å². The van der Waals surface area contributed by atoms with Crippen LogP contribution in [0.5, 0.6) is 11.6 Å². The zero-order valence-electron chi connectivity index (χ0n) is 19.8. The summed E-state index contributed by atoms with van der Waals surface area (Å²) >= 11 is 5.95. The molecular formula is C27H20ClN5O5. The minimum absolute atomic E-state index is 0.301. The average Bonchev–Trinajstić information content (AvgIpc) is 3.58. The maximum atomic E-state index is 12.7. The number of anilines is 1. The van der Waals surface area contributed by atoms with E-state index >= 15 is 0 Å². The van der Waals surface area contributed by atoms with Gasteiger partial charge < -0.3 is 14.2 Å². The number of rotatable bonds is 5. The predicted molar refractivity (Wildman–Crippen MR) is 138 cm³/mol. The Bertz CT molecular complexity index is 1510. The van der Waals surface area contributed by atoms with Crippen LogP contribution in [-0.4, -0.2) is 40.1 Å². The second-order valence-corrected chi connectivity index (χ2v) is 9.35. The lowest BCUT2D eigenvalue weighted by Crippen LogP contribution is -2.71. The number of pyridine rings is 1. The lowest BCUT2D eigenvalue weighted by Gasteiger charge is -2.38. The van der Waals surface area contributed by atoms with E-state index in [2.05, 4.69) is 20.8 Å². The minimum Gasteiger partial charge on any atom is -0.439 e. The Kier molecular flexibility index (Phi) is 5.80. The van der Waals surface area contributed by atoms with Gasteiger partial charge in [0.1, 0.15) is 11.4 Å². The number of benzene rings is 2. The summed E-state index contributed by atoms with van der Waals surface area (Å²) in [6, 6.07) is 19.1. The van der Waals surface area contributed by atoms with Gasteiger partial charge in [0.05, 0.1) is 11.9 Å². The fourth-order valence-corrected chi connectivity index (χ4v) is 4.88. The van der Waals surface area contributed by atoms with Crippen molar-refractivity contribution in [1.29, 1.82) is 0 Å². The SMILES string of the molecule is O=C1NC(=O)C2(CCCN2c2ccc(Oc3ccc(-c4cc(-c5ccc(Cl)cc5)on4)cc3)nc2)C(=O)N1. The number of hydrogen-bond acceptors (Lipinski definition) is 8. The van der Waals surface area contributed by atoms with Gasteiger partial charge in [0.25, 0.3) is 11.8 Å². The van der Waals surface area contributed by atoms with E-state index in [-0.39, 0.29) is 0 Å². The molecule has 0 saturated carbocycles. The van der Waals surface area contributed by atoms with Gasteiger partial charge in [0, 0.05) is 34.8 Å². The van der Waals surface area contributed by atoms with Gasteiger partial charge in [0.15, 0.2) is 11.3 Å². The molecule has 4 amide bonds. The summed E-state index contributed by atoms with van der Waals surface area (Å²) in [7, 11) is 0. The summed E-state index contributed by atoms with van der Waals surface area (Å²) in [4.78, 5) is 42.9. The fraction of sp³-hybridized carbons (Fsp3) is 0.148. The van der Waals surface area contributed by atoms with E-state index in [1.54, 1.807) is 47.5 Å². The van der Waals surface area contributed by atoms with E-state index in [4.69, 9.17) is 20.9 Å². The number of nitrogens with zero attached hydrogens (tertiary/aromatic N) is 3. The largest absolute Gasteiger partial charge is 0.439 e. The maximum absolute atomic E-state index is 12.7. The Balaban J connectivity index is 1.15. The van der Waals surface area contributed by atoms with E-state index < -0.39 is 23.4 Å². The van der Waals surface area contributed by atoms with Crippen LogP contribution in [0.1, 0.15) is 12.8 Å². The van der Waals surface area contributed by atoms with Crippen molar-refractivity contribution in [3.8, 4) is 34.2 Å². The van der Waals surface area contributed by atoms with E-state index in [1.165, 1.54) is 0 Å². The molecule has 4 aromatic rings. The maximum Gasteiger partial charge on any atom is 0.328 e. The molecule has 0 radical (unpaired) electrons. The fourth-order valence-electron chi connectivity index (χ4n) is 4.76. The third kappa shape index (κ3) is 4.14. The third-order valence-electron chi connectivity index (χ3n) is 6.63. The first kappa shape index (κ1) is 23.7. The highest BCUT2D eigenvalue weighted by Crippen LogP contribution is 2.36. The molecule has 1 spiro atoms. The van der Waals surface area contributed by atoms with Crippen LogP contribution < -0.4 is 20.3 Å². The van der Waals surface area contributed by atoms with Crippen molar-refractivity contribution in [1.82, 2.24) is 20.8 Å². The van der Waals surface area contributed by atoms with Crippen LogP contribution in [0.15, 0.2) is 77.4 Å². The zero-order chi connectivity index (χ0) is 26.3. The van der Waals surface area contributed by atoms with E-state index in [1.807, 2.05) is 30.3 Å². The molecule has 10 nitrogen and oxygen atoms in total. The molecule has 2 N–H and O–H groups in total. The zero-order valence-corrected chi connectivity index (χ0v) is 20.6. The monoisotopic (exact) mass is 529 g/mol. The van der Waals surface area contributed by atoms with Gasteiger partial charge in [-0.2, -0.15) is 0 Å². The molecule has 4 heterocycles. The van der Waals surface area contributed by atoms with E-state index in [9.17, 15) is 14.4 Å². The smallest absolute Gasteiger partial charge is 0.328 e. The molecule has 190 valence electrons. The van der Waals surface area contributed by atoms with Crippen LogP contribution in [0.4, 0.5) is 10.5 Å². The summed E-state index contributed by atoms with van der Waals surface area (Å²) in [6.07, 6.45) is 2.46. The van der Waals surface area contributed by atoms with Gasteiger partial charge >= 0.3 is 6.03 Å². The summed E-state index contributed by atoms with van der Waals surface area (Å²) in [5.41, 5.74) is 1.52. The molecule has 0 aliphatic carbocycles. The van der Waals surface area contributed by atoms with Gasteiger partial charge in [-0.25, -0.2) is 9.78 Å². The summed E-state index contributed by atoms with van der Waals surface area (Å²) in [5, 5.41) is 9.21.